The van der Waals surface area contributed by atoms with Crippen LogP contribution < -0.4 is 11.1 Å². The Hall–Kier alpha value is -0.830. The number of rotatable bonds is 9. The molecule has 3 N–H and O–H groups in total. The first-order valence-electron chi connectivity index (χ1n) is 4.87. The Kier molecular flexibility index (Phi) is 8.67. The van der Waals surface area contributed by atoms with E-state index in [0.29, 0.717) is 13.0 Å². The van der Waals surface area contributed by atoms with Gasteiger partial charge in [-0.05, 0) is 25.8 Å². The van der Waals surface area contributed by atoms with Crippen LogP contribution in [0.3, 0.4) is 0 Å². The maximum atomic E-state index is 10.3. The fourth-order valence-electron chi connectivity index (χ4n) is 1.05. The van der Waals surface area contributed by atoms with Gasteiger partial charge in [0.25, 0.3) is 0 Å². The number of primary amides is 1. The first-order chi connectivity index (χ1) is 6.27. The second-order valence-electron chi connectivity index (χ2n) is 3.10. The number of unbranched alkanes of at least 4 members (excludes halogenated alkanes) is 3. The first kappa shape index (κ1) is 12.2. The van der Waals surface area contributed by atoms with Crippen LogP contribution in [0.4, 0.5) is 0 Å². The van der Waals surface area contributed by atoms with Gasteiger partial charge >= 0.3 is 0 Å². The van der Waals surface area contributed by atoms with E-state index < -0.39 is 0 Å². The van der Waals surface area contributed by atoms with Crippen LogP contribution in [0.1, 0.15) is 32.1 Å². The number of carbonyl (C=O) groups is 1. The topological polar surface area (TPSA) is 55.1 Å². The van der Waals surface area contributed by atoms with E-state index in [1.54, 1.807) is 0 Å². The van der Waals surface area contributed by atoms with Crippen molar-refractivity contribution in [1.82, 2.24) is 5.32 Å². The molecule has 3 heteroatoms. The largest absolute Gasteiger partial charge is 0.370 e. The van der Waals surface area contributed by atoms with Crippen LogP contribution in [0.15, 0.2) is 12.7 Å². The van der Waals surface area contributed by atoms with Crippen LogP contribution in [-0.2, 0) is 4.79 Å². The van der Waals surface area contributed by atoms with Gasteiger partial charge in [-0.1, -0.05) is 12.5 Å². The van der Waals surface area contributed by atoms with Crippen molar-refractivity contribution in [2.24, 2.45) is 5.73 Å². The van der Waals surface area contributed by atoms with Crippen molar-refractivity contribution in [2.75, 3.05) is 13.1 Å². The molecular weight excluding hydrogens is 164 g/mol. The second kappa shape index (κ2) is 9.26. The van der Waals surface area contributed by atoms with E-state index in [2.05, 4.69) is 11.9 Å². The van der Waals surface area contributed by atoms with Gasteiger partial charge in [-0.2, -0.15) is 0 Å². The predicted octanol–water partition coefficient (Wildman–Crippen LogP) is 1.20. The summed E-state index contributed by atoms with van der Waals surface area (Å²) < 4.78 is 0. The Morgan fingerprint density at radius 3 is 2.69 bits per heavy atom. The number of nitrogens with one attached hydrogen (secondary N) is 1. The number of amides is 1. The highest BCUT2D eigenvalue weighted by Gasteiger charge is 1.92. The molecule has 0 saturated carbocycles. The van der Waals surface area contributed by atoms with E-state index >= 15 is 0 Å². The highest BCUT2D eigenvalue weighted by molar-refractivity contribution is 5.73. The summed E-state index contributed by atoms with van der Waals surface area (Å²) in [5, 5.41) is 3.17. The van der Waals surface area contributed by atoms with E-state index in [0.717, 1.165) is 19.4 Å². The van der Waals surface area contributed by atoms with E-state index in [1.165, 1.54) is 12.8 Å². The molecule has 3 nitrogen and oxygen atoms in total. The molecule has 0 aliphatic heterocycles. The van der Waals surface area contributed by atoms with Gasteiger partial charge in [0.2, 0.25) is 5.91 Å². The smallest absolute Gasteiger partial charge is 0.218 e. The predicted molar refractivity (Wildman–Crippen MR) is 55.3 cm³/mol. The average molecular weight is 184 g/mol. The molecular formula is C10H20N2O. The van der Waals surface area contributed by atoms with Gasteiger partial charge in [-0.3, -0.25) is 4.79 Å². The summed E-state index contributed by atoms with van der Waals surface area (Å²) >= 11 is 0. The van der Waals surface area contributed by atoms with E-state index in [-0.39, 0.29) is 5.91 Å². The summed E-state index contributed by atoms with van der Waals surface area (Å²) in [4.78, 5) is 10.3. The molecule has 0 unspecified atom stereocenters. The molecule has 0 atom stereocenters. The molecule has 0 radical (unpaired) electrons. The Morgan fingerprint density at radius 1 is 1.31 bits per heavy atom. The van der Waals surface area contributed by atoms with Crippen LogP contribution >= 0.6 is 0 Å². The third-order valence-electron chi connectivity index (χ3n) is 1.81. The number of nitrogens with two attached hydrogens (primary N) is 1. The molecule has 0 aromatic carbocycles. The lowest BCUT2D eigenvalue weighted by Gasteiger charge is -2.01. The van der Waals surface area contributed by atoms with E-state index in [4.69, 9.17) is 5.73 Å². The van der Waals surface area contributed by atoms with Gasteiger partial charge < -0.3 is 11.1 Å². The molecule has 13 heavy (non-hydrogen) atoms. The monoisotopic (exact) mass is 184 g/mol. The fraction of sp³-hybridized carbons (Fsp3) is 0.700. The minimum atomic E-state index is -0.237. The number of hydrogen-bond acceptors (Lipinski definition) is 2. The van der Waals surface area contributed by atoms with Gasteiger partial charge in [0.05, 0.1) is 0 Å². The van der Waals surface area contributed by atoms with Crippen LogP contribution in [0, 0.1) is 0 Å². The average Bonchev–Trinajstić information content (AvgIpc) is 2.09. The van der Waals surface area contributed by atoms with Gasteiger partial charge in [-0.15, -0.1) is 6.58 Å². The fourth-order valence-corrected chi connectivity index (χ4v) is 1.05. The molecule has 0 aliphatic rings. The molecule has 0 saturated heterocycles. The van der Waals surface area contributed by atoms with Crippen molar-refractivity contribution < 1.29 is 4.79 Å². The number of carbonyl (C=O) groups excluding carboxylic acids is 1. The van der Waals surface area contributed by atoms with Gasteiger partial charge in [0.1, 0.15) is 0 Å². The molecule has 0 spiro atoms. The van der Waals surface area contributed by atoms with Gasteiger partial charge in [-0.25, -0.2) is 0 Å². The SMILES string of the molecule is C=CCCCCCNCCC(N)=O. The molecule has 0 fully saturated rings. The van der Waals surface area contributed by atoms with E-state index in [9.17, 15) is 4.79 Å². The Labute approximate surface area is 80.4 Å². The Bertz CT molecular complexity index is 146. The lowest BCUT2D eigenvalue weighted by atomic mass is 10.2. The Morgan fingerprint density at radius 2 is 2.08 bits per heavy atom. The first-order valence-corrected chi connectivity index (χ1v) is 4.87. The molecule has 0 bridgehead atoms. The third kappa shape index (κ3) is 11.2. The zero-order valence-electron chi connectivity index (χ0n) is 8.22. The number of hydrogen-bond donors (Lipinski definition) is 2. The zero-order valence-corrected chi connectivity index (χ0v) is 8.22. The summed E-state index contributed by atoms with van der Waals surface area (Å²) in [6.07, 6.45) is 7.07. The Balaban J connectivity index is 2.91. The second-order valence-corrected chi connectivity index (χ2v) is 3.10. The van der Waals surface area contributed by atoms with Crippen LogP contribution in [0.2, 0.25) is 0 Å². The summed E-state index contributed by atoms with van der Waals surface area (Å²) in [7, 11) is 0. The number of allylic oxidation sites excluding steroid dienone is 1. The summed E-state index contributed by atoms with van der Waals surface area (Å²) in [6, 6.07) is 0. The summed E-state index contributed by atoms with van der Waals surface area (Å²) in [5.74, 6) is -0.237. The maximum absolute atomic E-state index is 10.3. The molecule has 0 aliphatic carbocycles. The minimum absolute atomic E-state index is 0.237. The van der Waals surface area contributed by atoms with Gasteiger partial charge in [0.15, 0.2) is 0 Å². The molecule has 0 aromatic rings. The third-order valence-corrected chi connectivity index (χ3v) is 1.81. The van der Waals surface area contributed by atoms with Crippen molar-refractivity contribution in [3.05, 3.63) is 12.7 Å². The van der Waals surface area contributed by atoms with Crippen molar-refractivity contribution in [2.45, 2.75) is 32.1 Å². The standard InChI is InChI=1S/C10H20N2O/c1-2-3-4-5-6-8-12-9-7-10(11)13/h2,12H,1,3-9H2,(H2,11,13). The van der Waals surface area contributed by atoms with Crippen LogP contribution in [0.25, 0.3) is 0 Å². The quantitative estimate of drug-likeness (QED) is 0.418. The molecule has 76 valence electrons. The molecule has 0 aromatic heterocycles. The van der Waals surface area contributed by atoms with Crippen molar-refractivity contribution in [3.8, 4) is 0 Å². The van der Waals surface area contributed by atoms with Crippen molar-refractivity contribution in [1.29, 1.82) is 0 Å². The zero-order chi connectivity index (χ0) is 9.94. The normalized spacial score (nSPS) is 9.85. The highest BCUT2D eigenvalue weighted by atomic mass is 16.1. The summed E-state index contributed by atoms with van der Waals surface area (Å²) in [5.41, 5.74) is 4.98. The molecule has 0 rings (SSSR count). The van der Waals surface area contributed by atoms with Crippen LogP contribution in [-0.4, -0.2) is 19.0 Å². The highest BCUT2D eigenvalue weighted by Crippen LogP contribution is 1.98. The minimum Gasteiger partial charge on any atom is -0.370 e. The molecule has 0 heterocycles. The van der Waals surface area contributed by atoms with Crippen molar-refractivity contribution >= 4 is 5.91 Å². The van der Waals surface area contributed by atoms with Crippen LogP contribution in [0.5, 0.6) is 0 Å². The lowest BCUT2D eigenvalue weighted by molar-refractivity contribution is -0.117. The van der Waals surface area contributed by atoms with Crippen molar-refractivity contribution in [3.63, 3.8) is 0 Å². The van der Waals surface area contributed by atoms with Gasteiger partial charge in [0, 0.05) is 13.0 Å². The maximum Gasteiger partial charge on any atom is 0.218 e. The van der Waals surface area contributed by atoms with E-state index in [1.807, 2.05) is 6.08 Å². The summed E-state index contributed by atoms with van der Waals surface area (Å²) in [6.45, 7) is 5.34. The molecule has 1 amide bonds. The lowest BCUT2D eigenvalue weighted by Crippen LogP contribution is -2.22.